The molecule has 22 heavy (non-hydrogen) atoms. The largest absolute Gasteiger partial charge is 0.381 e. The van der Waals surface area contributed by atoms with E-state index >= 15 is 0 Å². The van der Waals surface area contributed by atoms with E-state index in [1.165, 1.54) is 25.7 Å². The van der Waals surface area contributed by atoms with Crippen molar-refractivity contribution in [1.29, 1.82) is 0 Å². The van der Waals surface area contributed by atoms with Gasteiger partial charge in [0.05, 0.1) is 6.61 Å². The molecule has 0 bridgehead atoms. The summed E-state index contributed by atoms with van der Waals surface area (Å²) in [5, 5.41) is 0.755. The average Bonchev–Trinajstić information content (AvgIpc) is 2.53. The Morgan fingerprint density at radius 1 is 1.14 bits per heavy atom. The normalized spacial score (nSPS) is 11.1. The quantitative estimate of drug-likeness (QED) is 0.393. The zero-order valence-corrected chi connectivity index (χ0v) is 14.6. The lowest BCUT2D eigenvalue weighted by molar-refractivity contribution is 0.152. The predicted molar refractivity (Wildman–Crippen MR) is 97.1 cm³/mol. The smallest absolute Gasteiger partial charge is 0.0500 e. The van der Waals surface area contributed by atoms with Crippen LogP contribution in [0.1, 0.15) is 57.9 Å². The summed E-state index contributed by atoms with van der Waals surface area (Å²) >= 11 is 5.96. The monoisotopic (exact) mass is 318 g/mol. The second-order valence-corrected chi connectivity index (χ2v) is 5.66. The summed E-state index contributed by atoms with van der Waals surface area (Å²) in [6.07, 6.45) is 9.05. The Bertz CT molecular complexity index is 491. The molecule has 1 nitrogen and oxygen atoms in total. The van der Waals surface area contributed by atoms with E-state index in [1.54, 1.807) is 0 Å². The van der Waals surface area contributed by atoms with Gasteiger partial charge < -0.3 is 4.74 Å². The van der Waals surface area contributed by atoms with E-state index in [0.717, 1.165) is 42.2 Å². The maximum absolute atomic E-state index is 5.96. The summed E-state index contributed by atoms with van der Waals surface area (Å²) in [6.45, 7) is 5.74. The Labute approximate surface area is 140 Å². The van der Waals surface area contributed by atoms with Crippen LogP contribution in [0.25, 0.3) is 5.57 Å². The molecule has 0 radical (unpaired) electrons. The van der Waals surface area contributed by atoms with Crippen molar-refractivity contribution in [3.8, 4) is 11.8 Å². The highest BCUT2D eigenvalue weighted by atomic mass is 35.5. The van der Waals surface area contributed by atoms with Gasteiger partial charge in [0, 0.05) is 23.6 Å². The average molecular weight is 319 g/mol. The first kappa shape index (κ1) is 18.8. The number of rotatable bonds is 9. The molecule has 0 atom stereocenters. The van der Waals surface area contributed by atoms with Crippen molar-refractivity contribution in [3.63, 3.8) is 0 Å². The van der Waals surface area contributed by atoms with Gasteiger partial charge in [-0.3, -0.25) is 0 Å². The van der Waals surface area contributed by atoms with Crippen LogP contribution in [0.2, 0.25) is 5.02 Å². The summed E-state index contributed by atoms with van der Waals surface area (Å²) in [6, 6.07) is 7.88. The molecule has 1 aromatic rings. The highest BCUT2D eigenvalue weighted by Crippen LogP contribution is 2.18. The Kier molecular flexibility index (Phi) is 10.5. The van der Waals surface area contributed by atoms with Crippen molar-refractivity contribution < 1.29 is 4.74 Å². The van der Waals surface area contributed by atoms with Gasteiger partial charge in [-0.2, -0.15) is 0 Å². The first-order chi connectivity index (χ1) is 10.8. The Morgan fingerprint density at radius 2 is 1.91 bits per heavy atom. The molecule has 0 unspecified atom stereocenters. The van der Waals surface area contributed by atoms with E-state index in [2.05, 4.69) is 24.8 Å². The fourth-order valence-corrected chi connectivity index (χ4v) is 2.23. The maximum Gasteiger partial charge on any atom is 0.0500 e. The topological polar surface area (TPSA) is 9.23 Å². The first-order valence-corrected chi connectivity index (χ1v) is 8.68. The highest BCUT2D eigenvalue weighted by molar-refractivity contribution is 6.30. The lowest BCUT2D eigenvalue weighted by Gasteiger charge is -2.02. The molecule has 120 valence electrons. The molecule has 0 amide bonds. The molecule has 1 rings (SSSR count). The molecule has 0 fully saturated rings. The third kappa shape index (κ3) is 8.27. The maximum atomic E-state index is 5.96. The van der Waals surface area contributed by atoms with Gasteiger partial charge in [0.15, 0.2) is 0 Å². The number of allylic oxidation sites excluding steroid dienone is 1. The van der Waals surface area contributed by atoms with Crippen molar-refractivity contribution in [3.05, 3.63) is 40.9 Å². The van der Waals surface area contributed by atoms with Crippen LogP contribution in [-0.2, 0) is 4.74 Å². The van der Waals surface area contributed by atoms with Crippen molar-refractivity contribution in [2.75, 3.05) is 13.2 Å². The minimum Gasteiger partial charge on any atom is -0.381 e. The van der Waals surface area contributed by atoms with E-state index in [4.69, 9.17) is 16.3 Å². The predicted octanol–water partition coefficient (Wildman–Crippen LogP) is 6.12. The molecule has 0 heterocycles. The van der Waals surface area contributed by atoms with Crippen LogP contribution < -0.4 is 0 Å². The number of halogens is 1. The molecule has 0 aliphatic heterocycles. The van der Waals surface area contributed by atoms with Gasteiger partial charge in [-0.05, 0) is 37.5 Å². The molecule has 0 aromatic heterocycles. The number of benzene rings is 1. The van der Waals surface area contributed by atoms with Crippen LogP contribution >= 0.6 is 11.6 Å². The SMILES string of the molecule is CCCCCCC#C/C(=C\CCOCC)c1ccc(Cl)cc1. The fourth-order valence-electron chi connectivity index (χ4n) is 2.10. The third-order valence-electron chi connectivity index (χ3n) is 3.35. The summed E-state index contributed by atoms with van der Waals surface area (Å²) in [5.74, 6) is 6.63. The Balaban J connectivity index is 2.65. The molecule has 1 aromatic carbocycles. The molecule has 0 aliphatic carbocycles. The second kappa shape index (κ2) is 12.3. The van der Waals surface area contributed by atoms with Gasteiger partial charge in [0.1, 0.15) is 0 Å². The molecule has 0 aliphatic rings. The van der Waals surface area contributed by atoms with Gasteiger partial charge in [-0.15, -0.1) is 0 Å². The number of unbranched alkanes of at least 4 members (excludes halogenated alkanes) is 4. The Hall–Kier alpha value is -1.23. The summed E-state index contributed by atoms with van der Waals surface area (Å²) in [5.41, 5.74) is 2.20. The zero-order chi connectivity index (χ0) is 16.0. The van der Waals surface area contributed by atoms with E-state index in [9.17, 15) is 0 Å². The summed E-state index contributed by atoms with van der Waals surface area (Å²) in [7, 11) is 0. The van der Waals surface area contributed by atoms with Gasteiger partial charge in [-0.1, -0.05) is 67.8 Å². The fraction of sp³-hybridized carbons (Fsp3) is 0.500. The van der Waals surface area contributed by atoms with E-state index in [1.807, 2.05) is 31.2 Å². The zero-order valence-electron chi connectivity index (χ0n) is 13.8. The van der Waals surface area contributed by atoms with Gasteiger partial charge in [0.25, 0.3) is 0 Å². The highest BCUT2D eigenvalue weighted by Gasteiger charge is 1.98. The standard InChI is InChI=1S/C20H27ClO/c1-3-5-6-7-8-9-11-18(12-10-17-22-4-2)19-13-15-20(21)16-14-19/h12-16H,3-8,10,17H2,1-2H3/b18-12+. The number of hydrogen-bond donors (Lipinski definition) is 0. The van der Waals surface area contributed by atoms with Crippen LogP contribution in [-0.4, -0.2) is 13.2 Å². The lowest BCUT2D eigenvalue weighted by atomic mass is 10.0. The first-order valence-electron chi connectivity index (χ1n) is 8.30. The van der Waals surface area contributed by atoms with Crippen LogP contribution in [0.5, 0.6) is 0 Å². The molecular formula is C20H27ClO. The van der Waals surface area contributed by atoms with Crippen LogP contribution in [0, 0.1) is 11.8 Å². The van der Waals surface area contributed by atoms with Crippen LogP contribution in [0.4, 0.5) is 0 Å². The van der Waals surface area contributed by atoms with Gasteiger partial charge >= 0.3 is 0 Å². The summed E-state index contributed by atoms with van der Waals surface area (Å²) in [4.78, 5) is 0. The van der Waals surface area contributed by atoms with Crippen LogP contribution in [0.15, 0.2) is 30.3 Å². The third-order valence-corrected chi connectivity index (χ3v) is 3.60. The molecule has 0 N–H and O–H groups in total. The minimum atomic E-state index is 0.742. The van der Waals surface area contributed by atoms with E-state index in [-0.39, 0.29) is 0 Å². The van der Waals surface area contributed by atoms with Crippen LogP contribution in [0.3, 0.4) is 0 Å². The summed E-state index contributed by atoms with van der Waals surface area (Å²) < 4.78 is 5.39. The minimum absolute atomic E-state index is 0.742. The molecule has 2 heteroatoms. The van der Waals surface area contributed by atoms with E-state index in [0.29, 0.717) is 0 Å². The molecular weight excluding hydrogens is 292 g/mol. The molecule has 0 spiro atoms. The Morgan fingerprint density at radius 3 is 2.59 bits per heavy atom. The van der Waals surface area contributed by atoms with Crippen molar-refractivity contribution in [2.45, 2.75) is 52.4 Å². The van der Waals surface area contributed by atoms with Crippen molar-refractivity contribution in [1.82, 2.24) is 0 Å². The second-order valence-electron chi connectivity index (χ2n) is 5.22. The van der Waals surface area contributed by atoms with E-state index < -0.39 is 0 Å². The van der Waals surface area contributed by atoms with Crippen molar-refractivity contribution >= 4 is 17.2 Å². The molecule has 0 saturated heterocycles. The lowest BCUT2D eigenvalue weighted by Crippen LogP contribution is -1.92. The van der Waals surface area contributed by atoms with Crippen molar-refractivity contribution in [2.24, 2.45) is 0 Å². The van der Waals surface area contributed by atoms with Gasteiger partial charge in [0.2, 0.25) is 0 Å². The number of ether oxygens (including phenoxy) is 1. The van der Waals surface area contributed by atoms with Gasteiger partial charge in [-0.25, -0.2) is 0 Å². The number of hydrogen-bond acceptors (Lipinski definition) is 1. The molecule has 0 saturated carbocycles.